The summed E-state index contributed by atoms with van der Waals surface area (Å²) in [4.78, 5) is 28.5. The van der Waals surface area contributed by atoms with Crippen molar-refractivity contribution in [3.05, 3.63) is 87.9 Å². The zero-order valence-corrected chi connectivity index (χ0v) is 26.0. The lowest BCUT2D eigenvalue weighted by molar-refractivity contribution is -0.139. The Balaban J connectivity index is 2.10. The molecule has 8 nitrogen and oxygen atoms in total. The fourth-order valence-electron chi connectivity index (χ4n) is 4.12. The van der Waals surface area contributed by atoms with Crippen molar-refractivity contribution in [2.75, 3.05) is 18.0 Å². The van der Waals surface area contributed by atoms with Crippen LogP contribution in [0.5, 0.6) is 5.75 Å². The maximum atomic E-state index is 14.0. The predicted octanol–water partition coefficient (Wildman–Crippen LogP) is 5.21. The molecular formula is C30H36BrN3O5S. The van der Waals surface area contributed by atoms with Crippen LogP contribution in [-0.4, -0.2) is 50.9 Å². The Kier molecular flexibility index (Phi) is 10.4. The van der Waals surface area contributed by atoms with E-state index < -0.39 is 28.5 Å². The van der Waals surface area contributed by atoms with Gasteiger partial charge in [0.15, 0.2) is 0 Å². The van der Waals surface area contributed by atoms with Crippen molar-refractivity contribution in [3.63, 3.8) is 0 Å². The number of halogens is 1. The zero-order chi connectivity index (χ0) is 29.6. The number of nitrogens with zero attached hydrogens (tertiary/aromatic N) is 2. The van der Waals surface area contributed by atoms with E-state index in [2.05, 4.69) is 21.2 Å². The van der Waals surface area contributed by atoms with Gasteiger partial charge >= 0.3 is 0 Å². The summed E-state index contributed by atoms with van der Waals surface area (Å²) in [6, 6.07) is 18.0. The predicted molar refractivity (Wildman–Crippen MR) is 161 cm³/mol. The molecule has 0 aliphatic carbocycles. The third-order valence-corrected chi connectivity index (χ3v) is 8.66. The van der Waals surface area contributed by atoms with Crippen LogP contribution in [0.2, 0.25) is 0 Å². The van der Waals surface area contributed by atoms with Crippen molar-refractivity contribution in [1.82, 2.24) is 10.2 Å². The fraction of sp³-hybridized carbons (Fsp3) is 0.333. The van der Waals surface area contributed by atoms with Gasteiger partial charge in [-0.25, -0.2) is 8.42 Å². The molecule has 0 radical (unpaired) electrons. The van der Waals surface area contributed by atoms with Crippen molar-refractivity contribution in [2.24, 2.45) is 0 Å². The van der Waals surface area contributed by atoms with Crippen LogP contribution in [-0.2, 0) is 26.2 Å². The molecule has 0 bridgehead atoms. The van der Waals surface area contributed by atoms with Gasteiger partial charge in [-0.15, -0.1) is 0 Å². The standard InChI is InChI=1S/C30H36BrN3O5S/c1-20(2)32-30(36)23(5)33(18-24-10-12-25(31)13-11-24)29(35)19-34(27-17-22(4)9-16-28(27)39-6)40(37,38)26-14-7-21(3)8-15-26/h7-17,20,23H,18-19H2,1-6H3,(H,32,36)/t23-/m0/s1. The molecule has 2 amide bonds. The molecule has 40 heavy (non-hydrogen) atoms. The number of carbonyl (C=O) groups is 2. The second-order valence-electron chi connectivity index (χ2n) is 9.99. The summed E-state index contributed by atoms with van der Waals surface area (Å²) in [5.41, 5.74) is 2.73. The van der Waals surface area contributed by atoms with Gasteiger partial charge in [0.05, 0.1) is 17.7 Å². The molecular weight excluding hydrogens is 594 g/mol. The molecule has 0 saturated heterocycles. The van der Waals surface area contributed by atoms with E-state index in [4.69, 9.17) is 4.74 Å². The highest BCUT2D eigenvalue weighted by molar-refractivity contribution is 9.10. The number of amides is 2. The molecule has 0 aliphatic rings. The van der Waals surface area contributed by atoms with Gasteiger partial charge in [-0.1, -0.05) is 51.8 Å². The second-order valence-corrected chi connectivity index (χ2v) is 12.8. The average Bonchev–Trinajstić information content (AvgIpc) is 2.90. The van der Waals surface area contributed by atoms with Crippen LogP contribution >= 0.6 is 15.9 Å². The smallest absolute Gasteiger partial charge is 0.264 e. The van der Waals surface area contributed by atoms with Crippen LogP contribution < -0.4 is 14.4 Å². The lowest BCUT2D eigenvalue weighted by atomic mass is 10.1. The summed E-state index contributed by atoms with van der Waals surface area (Å²) in [6.45, 7) is 8.59. The first-order valence-electron chi connectivity index (χ1n) is 12.9. The molecule has 10 heteroatoms. The van der Waals surface area contributed by atoms with Gasteiger partial charge in [0.25, 0.3) is 10.0 Å². The molecule has 214 valence electrons. The third-order valence-electron chi connectivity index (χ3n) is 6.36. The normalized spacial score (nSPS) is 12.1. The van der Waals surface area contributed by atoms with Gasteiger partial charge in [0.1, 0.15) is 18.3 Å². The maximum Gasteiger partial charge on any atom is 0.264 e. The summed E-state index contributed by atoms with van der Waals surface area (Å²) in [5.74, 6) is -0.561. The van der Waals surface area contributed by atoms with Crippen molar-refractivity contribution in [3.8, 4) is 5.75 Å². The van der Waals surface area contributed by atoms with Gasteiger partial charge in [-0.3, -0.25) is 13.9 Å². The van der Waals surface area contributed by atoms with E-state index in [9.17, 15) is 18.0 Å². The highest BCUT2D eigenvalue weighted by Crippen LogP contribution is 2.34. The molecule has 0 heterocycles. The SMILES string of the molecule is COc1ccc(C)cc1N(CC(=O)N(Cc1ccc(Br)cc1)[C@@H](C)C(=O)NC(C)C)S(=O)(=O)c1ccc(C)cc1. The first kappa shape index (κ1) is 31.2. The zero-order valence-electron chi connectivity index (χ0n) is 23.6. The van der Waals surface area contributed by atoms with Gasteiger partial charge < -0.3 is 15.0 Å². The lowest BCUT2D eigenvalue weighted by Crippen LogP contribution is -2.52. The van der Waals surface area contributed by atoms with E-state index >= 15 is 0 Å². The van der Waals surface area contributed by atoms with Gasteiger partial charge in [0.2, 0.25) is 11.8 Å². The minimum atomic E-state index is -4.19. The minimum Gasteiger partial charge on any atom is -0.495 e. The number of aryl methyl sites for hydroxylation is 2. The number of benzene rings is 3. The monoisotopic (exact) mass is 629 g/mol. The average molecular weight is 631 g/mol. The number of sulfonamides is 1. The first-order valence-corrected chi connectivity index (χ1v) is 15.1. The Morgan fingerprint density at radius 3 is 2.10 bits per heavy atom. The Morgan fingerprint density at radius 1 is 0.925 bits per heavy atom. The highest BCUT2D eigenvalue weighted by Gasteiger charge is 2.34. The van der Waals surface area contributed by atoms with E-state index in [0.717, 1.165) is 25.5 Å². The van der Waals surface area contributed by atoms with E-state index in [1.54, 1.807) is 37.3 Å². The molecule has 1 atom stereocenters. The molecule has 0 aliphatic heterocycles. The van der Waals surface area contributed by atoms with E-state index in [0.29, 0.717) is 5.75 Å². The van der Waals surface area contributed by atoms with Crippen LogP contribution in [0.1, 0.15) is 37.5 Å². The maximum absolute atomic E-state index is 14.0. The number of rotatable bonds is 11. The van der Waals surface area contributed by atoms with Crippen molar-refractivity contribution >= 4 is 43.5 Å². The fourth-order valence-corrected chi connectivity index (χ4v) is 5.80. The molecule has 0 fully saturated rings. The van der Waals surface area contributed by atoms with Crippen LogP contribution in [0.3, 0.4) is 0 Å². The molecule has 3 rings (SSSR count). The summed E-state index contributed by atoms with van der Waals surface area (Å²) >= 11 is 3.42. The van der Waals surface area contributed by atoms with Crippen LogP contribution in [0, 0.1) is 13.8 Å². The Labute approximate surface area is 245 Å². The summed E-state index contributed by atoms with van der Waals surface area (Å²) in [5, 5.41) is 2.85. The number of ether oxygens (including phenoxy) is 1. The van der Waals surface area contributed by atoms with Crippen molar-refractivity contribution in [2.45, 2.75) is 58.1 Å². The topological polar surface area (TPSA) is 96.0 Å². The molecule has 1 N–H and O–H groups in total. The molecule has 3 aromatic carbocycles. The van der Waals surface area contributed by atoms with E-state index in [-0.39, 0.29) is 29.1 Å². The Hall–Kier alpha value is -3.37. The van der Waals surface area contributed by atoms with Crippen LogP contribution in [0.15, 0.2) is 76.1 Å². The Morgan fingerprint density at radius 2 is 1.52 bits per heavy atom. The van der Waals surface area contributed by atoms with Crippen LogP contribution in [0.25, 0.3) is 0 Å². The number of methoxy groups -OCH3 is 1. The molecule has 0 aromatic heterocycles. The number of hydrogen-bond donors (Lipinski definition) is 1. The van der Waals surface area contributed by atoms with E-state index in [1.165, 1.54) is 24.1 Å². The number of nitrogens with one attached hydrogen (secondary N) is 1. The number of anilines is 1. The second kappa shape index (κ2) is 13.3. The lowest BCUT2D eigenvalue weighted by Gasteiger charge is -2.32. The van der Waals surface area contributed by atoms with Gasteiger partial charge in [0, 0.05) is 17.1 Å². The van der Waals surface area contributed by atoms with E-state index in [1.807, 2.05) is 52.0 Å². The number of hydrogen-bond acceptors (Lipinski definition) is 5. The molecule has 3 aromatic rings. The molecule has 0 spiro atoms. The number of carbonyl (C=O) groups excluding carboxylic acids is 2. The summed E-state index contributed by atoms with van der Waals surface area (Å²) in [7, 11) is -2.74. The summed E-state index contributed by atoms with van der Waals surface area (Å²) in [6.07, 6.45) is 0. The third kappa shape index (κ3) is 7.63. The van der Waals surface area contributed by atoms with Gasteiger partial charge in [-0.2, -0.15) is 0 Å². The van der Waals surface area contributed by atoms with Crippen molar-refractivity contribution in [1.29, 1.82) is 0 Å². The minimum absolute atomic E-state index is 0.0412. The van der Waals surface area contributed by atoms with Crippen LogP contribution in [0.4, 0.5) is 5.69 Å². The molecule has 0 unspecified atom stereocenters. The Bertz CT molecular complexity index is 1440. The quantitative estimate of drug-likeness (QED) is 0.314. The first-order chi connectivity index (χ1) is 18.8. The van der Waals surface area contributed by atoms with Gasteiger partial charge in [-0.05, 0) is 82.1 Å². The molecule has 0 saturated carbocycles. The summed E-state index contributed by atoms with van der Waals surface area (Å²) < 4.78 is 35.5. The largest absolute Gasteiger partial charge is 0.495 e. The highest BCUT2D eigenvalue weighted by atomic mass is 79.9. The van der Waals surface area contributed by atoms with Crippen molar-refractivity contribution < 1.29 is 22.7 Å².